The molecule has 0 radical (unpaired) electrons. The van der Waals surface area contributed by atoms with Gasteiger partial charge in [-0.05, 0) is 37.5 Å². The van der Waals surface area contributed by atoms with Crippen molar-refractivity contribution >= 4 is 21.9 Å². The van der Waals surface area contributed by atoms with E-state index in [2.05, 4.69) is 36.5 Å². The van der Waals surface area contributed by atoms with Crippen LogP contribution >= 0.6 is 15.9 Å². The Balaban J connectivity index is 1.49. The fourth-order valence-electron chi connectivity index (χ4n) is 3.75. The lowest BCUT2D eigenvalue weighted by Gasteiger charge is -2.24. The van der Waals surface area contributed by atoms with Crippen molar-refractivity contribution in [2.45, 2.75) is 50.7 Å². The second kappa shape index (κ2) is 8.30. The molecule has 2 aliphatic rings. The van der Waals surface area contributed by atoms with Gasteiger partial charge in [-0.2, -0.15) is 0 Å². The smallest absolute Gasteiger partial charge is 0.191 e. The number of nitrogens with one attached hydrogen (secondary N) is 2. The molecule has 1 heterocycles. The molecule has 1 aliphatic heterocycles. The van der Waals surface area contributed by atoms with Crippen LogP contribution in [0.3, 0.4) is 0 Å². The molecule has 1 unspecified atom stereocenters. The van der Waals surface area contributed by atoms with Crippen LogP contribution in [0, 0.1) is 5.82 Å². The molecule has 2 N–H and O–H groups in total. The zero-order valence-corrected chi connectivity index (χ0v) is 15.8. The molecule has 4 nitrogen and oxygen atoms in total. The van der Waals surface area contributed by atoms with E-state index in [1.807, 2.05) is 0 Å². The summed E-state index contributed by atoms with van der Waals surface area (Å²) in [5.41, 5.74) is 0.631. The van der Waals surface area contributed by atoms with Crippen LogP contribution in [0.4, 0.5) is 4.39 Å². The molecule has 1 aromatic carbocycles. The number of guanidine groups is 1. The van der Waals surface area contributed by atoms with Gasteiger partial charge in [0.2, 0.25) is 0 Å². The van der Waals surface area contributed by atoms with Gasteiger partial charge in [0.25, 0.3) is 0 Å². The number of likely N-dealkylation sites (tertiary alicyclic amines) is 1. The van der Waals surface area contributed by atoms with Crippen LogP contribution in [-0.2, 0) is 6.54 Å². The Hall–Kier alpha value is -1.14. The van der Waals surface area contributed by atoms with Gasteiger partial charge >= 0.3 is 0 Å². The SMILES string of the molecule is CN=C(NCc1cc(Br)ccc1F)NC1CCN(C2CCCC2)C1. The predicted octanol–water partition coefficient (Wildman–Crippen LogP) is 3.27. The van der Waals surface area contributed by atoms with Crippen LogP contribution < -0.4 is 10.6 Å². The Morgan fingerprint density at radius 1 is 1.33 bits per heavy atom. The standard InChI is InChI=1S/C18H26BrFN4/c1-21-18(22-11-13-10-14(19)6-7-17(13)20)23-15-8-9-24(12-15)16-4-2-3-5-16/h6-7,10,15-16H,2-5,8-9,11-12H2,1H3,(H2,21,22,23). The quantitative estimate of drug-likeness (QED) is 0.605. The lowest BCUT2D eigenvalue weighted by atomic mass is 10.2. The Morgan fingerprint density at radius 2 is 2.12 bits per heavy atom. The maximum absolute atomic E-state index is 13.8. The van der Waals surface area contributed by atoms with Crippen LogP contribution in [0.2, 0.25) is 0 Å². The molecule has 1 aliphatic carbocycles. The lowest BCUT2D eigenvalue weighted by molar-refractivity contribution is 0.242. The van der Waals surface area contributed by atoms with Crippen LogP contribution in [0.5, 0.6) is 0 Å². The summed E-state index contributed by atoms with van der Waals surface area (Å²) in [5, 5.41) is 6.71. The molecule has 0 bridgehead atoms. The van der Waals surface area contributed by atoms with Crippen LogP contribution in [0.25, 0.3) is 0 Å². The van der Waals surface area contributed by atoms with E-state index in [9.17, 15) is 4.39 Å². The molecule has 132 valence electrons. The van der Waals surface area contributed by atoms with Crippen molar-refractivity contribution in [1.29, 1.82) is 0 Å². The maximum atomic E-state index is 13.8. The monoisotopic (exact) mass is 396 g/mol. The van der Waals surface area contributed by atoms with Crippen molar-refractivity contribution in [3.63, 3.8) is 0 Å². The summed E-state index contributed by atoms with van der Waals surface area (Å²) in [6.45, 7) is 2.67. The summed E-state index contributed by atoms with van der Waals surface area (Å²) >= 11 is 3.38. The van der Waals surface area contributed by atoms with Crippen molar-refractivity contribution in [2.75, 3.05) is 20.1 Å². The average Bonchev–Trinajstić information content (AvgIpc) is 3.25. The number of hydrogen-bond donors (Lipinski definition) is 2. The van der Waals surface area contributed by atoms with Crippen molar-refractivity contribution in [2.24, 2.45) is 4.99 Å². The Kier molecular flexibility index (Phi) is 6.11. The summed E-state index contributed by atoms with van der Waals surface area (Å²) in [5.74, 6) is 0.544. The van der Waals surface area contributed by atoms with Crippen molar-refractivity contribution in [3.8, 4) is 0 Å². The van der Waals surface area contributed by atoms with E-state index in [4.69, 9.17) is 0 Å². The van der Waals surface area contributed by atoms with E-state index in [0.717, 1.165) is 29.4 Å². The predicted molar refractivity (Wildman–Crippen MR) is 99.7 cm³/mol. The first-order valence-corrected chi connectivity index (χ1v) is 9.60. The minimum Gasteiger partial charge on any atom is -0.352 e. The first-order valence-electron chi connectivity index (χ1n) is 8.81. The molecule has 1 saturated heterocycles. The molecule has 0 amide bonds. The third-order valence-corrected chi connectivity index (χ3v) is 5.57. The second-order valence-corrected chi connectivity index (χ2v) is 7.64. The number of rotatable bonds is 4. The number of nitrogens with zero attached hydrogens (tertiary/aromatic N) is 2. The van der Waals surface area contributed by atoms with Gasteiger partial charge in [0.1, 0.15) is 5.82 Å². The zero-order chi connectivity index (χ0) is 16.9. The van der Waals surface area contributed by atoms with E-state index in [-0.39, 0.29) is 5.82 Å². The summed E-state index contributed by atoms with van der Waals surface area (Å²) in [6, 6.07) is 6.19. The Bertz CT molecular complexity index is 586. The first kappa shape index (κ1) is 17.7. The van der Waals surface area contributed by atoms with Crippen LogP contribution in [0.15, 0.2) is 27.7 Å². The molecule has 1 atom stereocenters. The van der Waals surface area contributed by atoms with Crippen LogP contribution in [0.1, 0.15) is 37.7 Å². The van der Waals surface area contributed by atoms with E-state index in [1.165, 1.54) is 38.3 Å². The molecular formula is C18H26BrFN4. The number of halogens is 2. The van der Waals surface area contributed by atoms with Gasteiger partial charge in [0, 0.05) is 48.8 Å². The van der Waals surface area contributed by atoms with E-state index >= 15 is 0 Å². The van der Waals surface area contributed by atoms with Gasteiger partial charge in [-0.15, -0.1) is 0 Å². The minimum absolute atomic E-state index is 0.200. The highest BCUT2D eigenvalue weighted by atomic mass is 79.9. The first-order chi connectivity index (χ1) is 11.7. The van der Waals surface area contributed by atoms with Gasteiger partial charge < -0.3 is 10.6 Å². The zero-order valence-electron chi connectivity index (χ0n) is 14.2. The van der Waals surface area contributed by atoms with E-state index < -0.39 is 0 Å². The second-order valence-electron chi connectivity index (χ2n) is 6.72. The summed E-state index contributed by atoms with van der Waals surface area (Å²) < 4.78 is 14.7. The van der Waals surface area contributed by atoms with E-state index in [0.29, 0.717) is 18.2 Å². The van der Waals surface area contributed by atoms with Crippen LogP contribution in [-0.4, -0.2) is 43.1 Å². The molecule has 6 heteroatoms. The summed E-state index contributed by atoms with van der Waals surface area (Å²) in [4.78, 5) is 6.90. The largest absolute Gasteiger partial charge is 0.352 e. The van der Waals surface area contributed by atoms with Gasteiger partial charge in [-0.25, -0.2) is 4.39 Å². The van der Waals surface area contributed by atoms with Gasteiger partial charge in [-0.3, -0.25) is 9.89 Å². The molecule has 1 aromatic rings. The maximum Gasteiger partial charge on any atom is 0.191 e. The molecule has 2 fully saturated rings. The number of hydrogen-bond acceptors (Lipinski definition) is 2. The highest BCUT2D eigenvalue weighted by molar-refractivity contribution is 9.10. The summed E-state index contributed by atoms with van der Waals surface area (Å²) in [6.07, 6.45) is 6.59. The Labute approximate surface area is 152 Å². The number of benzene rings is 1. The molecule has 24 heavy (non-hydrogen) atoms. The fraction of sp³-hybridized carbons (Fsp3) is 0.611. The van der Waals surface area contributed by atoms with Gasteiger partial charge in [-0.1, -0.05) is 28.8 Å². The van der Waals surface area contributed by atoms with E-state index in [1.54, 1.807) is 19.2 Å². The molecule has 1 saturated carbocycles. The third kappa shape index (κ3) is 4.48. The van der Waals surface area contributed by atoms with Gasteiger partial charge in [0.05, 0.1) is 0 Å². The average molecular weight is 397 g/mol. The lowest BCUT2D eigenvalue weighted by Crippen LogP contribution is -2.45. The molecule has 0 aromatic heterocycles. The van der Waals surface area contributed by atoms with Gasteiger partial charge in [0.15, 0.2) is 5.96 Å². The highest BCUT2D eigenvalue weighted by Gasteiger charge is 2.30. The molecule has 0 spiro atoms. The fourth-order valence-corrected chi connectivity index (χ4v) is 4.16. The molecule has 3 rings (SSSR count). The number of aliphatic imine (C=N–C) groups is 1. The molecular weight excluding hydrogens is 371 g/mol. The normalized spacial score (nSPS) is 23.0. The topological polar surface area (TPSA) is 39.7 Å². The highest BCUT2D eigenvalue weighted by Crippen LogP contribution is 2.26. The third-order valence-electron chi connectivity index (χ3n) is 5.08. The van der Waals surface area contributed by atoms with Crippen molar-refractivity contribution in [3.05, 3.63) is 34.1 Å². The van der Waals surface area contributed by atoms with Crippen molar-refractivity contribution < 1.29 is 4.39 Å². The minimum atomic E-state index is -0.200. The summed E-state index contributed by atoms with van der Waals surface area (Å²) in [7, 11) is 1.76. The van der Waals surface area contributed by atoms with Crippen molar-refractivity contribution in [1.82, 2.24) is 15.5 Å². The Morgan fingerprint density at radius 3 is 2.88 bits per heavy atom.